The first-order valence-corrected chi connectivity index (χ1v) is 8.87. The number of esters is 1. The SMILES string of the molecule is CCOC(=O)C1CCN(S(=O)(=O)c2ccc(C(N)=O)cc2)CC1. The molecule has 1 fully saturated rings. The van der Waals surface area contributed by atoms with Gasteiger partial charge in [0.15, 0.2) is 0 Å². The van der Waals surface area contributed by atoms with Crippen molar-refractivity contribution in [2.45, 2.75) is 24.7 Å². The maximum Gasteiger partial charge on any atom is 0.309 e. The Kier molecular flexibility index (Phi) is 5.38. The van der Waals surface area contributed by atoms with E-state index in [-0.39, 0.29) is 35.4 Å². The number of primary amides is 1. The average molecular weight is 340 g/mol. The number of amides is 1. The first-order chi connectivity index (χ1) is 10.9. The molecule has 1 aromatic carbocycles. The summed E-state index contributed by atoms with van der Waals surface area (Å²) in [4.78, 5) is 22.8. The Morgan fingerprint density at radius 2 is 1.78 bits per heavy atom. The molecular formula is C15H20N2O5S. The van der Waals surface area contributed by atoms with Crippen LogP contribution in [-0.2, 0) is 19.6 Å². The molecule has 0 spiro atoms. The molecule has 0 bridgehead atoms. The highest BCUT2D eigenvalue weighted by atomic mass is 32.2. The summed E-state index contributed by atoms with van der Waals surface area (Å²) in [7, 11) is -3.64. The van der Waals surface area contributed by atoms with Crippen molar-refractivity contribution < 1.29 is 22.7 Å². The van der Waals surface area contributed by atoms with Gasteiger partial charge in [0.05, 0.1) is 17.4 Å². The number of rotatable bonds is 5. The summed E-state index contributed by atoms with van der Waals surface area (Å²) in [5.74, 6) is -1.13. The number of benzene rings is 1. The van der Waals surface area contributed by atoms with Gasteiger partial charge in [-0.15, -0.1) is 0 Å². The molecule has 1 saturated heterocycles. The van der Waals surface area contributed by atoms with Crippen molar-refractivity contribution >= 4 is 21.9 Å². The molecule has 1 amide bonds. The summed E-state index contributed by atoms with van der Waals surface area (Å²) >= 11 is 0. The van der Waals surface area contributed by atoms with Crippen LogP contribution in [0.4, 0.5) is 0 Å². The predicted octanol–water partition coefficient (Wildman–Crippen LogP) is 0.749. The maximum absolute atomic E-state index is 12.6. The monoisotopic (exact) mass is 340 g/mol. The summed E-state index contributed by atoms with van der Waals surface area (Å²) in [5, 5.41) is 0. The smallest absolute Gasteiger partial charge is 0.309 e. The number of carbonyl (C=O) groups excluding carboxylic acids is 2. The van der Waals surface area contributed by atoms with Crippen molar-refractivity contribution in [1.82, 2.24) is 4.31 Å². The second-order valence-corrected chi connectivity index (χ2v) is 7.26. The van der Waals surface area contributed by atoms with Crippen molar-refractivity contribution in [2.75, 3.05) is 19.7 Å². The lowest BCUT2D eigenvalue weighted by atomic mass is 9.98. The van der Waals surface area contributed by atoms with Gasteiger partial charge in [-0.05, 0) is 44.0 Å². The van der Waals surface area contributed by atoms with Crippen molar-refractivity contribution in [1.29, 1.82) is 0 Å². The quantitative estimate of drug-likeness (QED) is 0.796. The summed E-state index contributed by atoms with van der Waals surface area (Å²) in [5.41, 5.74) is 5.40. The standard InChI is InChI=1S/C15H20N2O5S/c1-2-22-15(19)12-7-9-17(10-8-12)23(20,21)13-5-3-11(4-6-13)14(16)18/h3-6,12H,2,7-10H2,1H3,(H2,16,18). The molecule has 0 saturated carbocycles. The molecule has 0 aliphatic carbocycles. The highest BCUT2D eigenvalue weighted by Crippen LogP contribution is 2.24. The first-order valence-electron chi connectivity index (χ1n) is 7.43. The molecule has 0 aromatic heterocycles. The largest absolute Gasteiger partial charge is 0.466 e. The Balaban J connectivity index is 2.07. The number of hydrogen-bond donors (Lipinski definition) is 1. The van der Waals surface area contributed by atoms with E-state index in [1.807, 2.05) is 0 Å². The van der Waals surface area contributed by atoms with Crippen LogP contribution in [0.15, 0.2) is 29.2 Å². The van der Waals surface area contributed by atoms with Crippen LogP contribution in [0.2, 0.25) is 0 Å². The molecule has 0 radical (unpaired) electrons. The molecule has 126 valence electrons. The van der Waals surface area contributed by atoms with Gasteiger partial charge < -0.3 is 10.5 Å². The number of ether oxygens (including phenoxy) is 1. The molecule has 2 N–H and O–H groups in total. The molecule has 2 rings (SSSR count). The minimum absolute atomic E-state index is 0.108. The fraction of sp³-hybridized carbons (Fsp3) is 0.467. The van der Waals surface area contributed by atoms with Crippen molar-refractivity contribution in [2.24, 2.45) is 11.7 Å². The summed E-state index contributed by atoms with van der Waals surface area (Å²) in [6.45, 7) is 2.60. The van der Waals surface area contributed by atoms with E-state index >= 15 is 0 Å². The van der Waals surface area contributed by atoms with Crippen LogP contribution >= 0.6 is 0 Å². The fourth-order valence-electron chi connectivity index (χ4n) is 2.53. The summed E-state index contributed by atoms with van der Waals surface area (Å²) < 4.78 is 31.4. The van der Waals surface area contributed by atoms with E-state index in [9.17, 15) is 18.0 Å². The molecule has 0 unspecified atom stereocenters. The molecule has 7 nitrogen and oxygen atoms in total. The third-order valence-corrected chi connectivity index (χ3v) is 5.76. The molecule has 1 aliphatic heterocycles. The Labute approximate surface area is 135 Å². The fourth-order valence-corrected chi connectivity index (χ4v) is 4.00. The minimum Gasteiger partial charge on any atom is -0.466 e. The molecular weight excluding hydrogens is 320 g/mol. The third-order valence-electron chi connectivity index (χ3n) is 3.85. The number of nitrogens with zero attached hydrogens (tertiary/aromatic N) is 1. The summed E-state index contributed by atoms with van der Waals surface area (Å²) in [6, 6.07) is 5.51. The Morgan fingerprint density at radius 1 is 1.22 bits per heavy atom. The van der Waals surface area contributed by atoms with E-state index in [0.29, 0.717) is 19.4 Å². The van der Waals surface area contributed by atoms with Crippen LogP contribution in [0, 0.1) is 5.92 Å². The van der Waals surface area contributed by atoms with E-state index < -0.39 is 15.9 Å². The van der Waals surface area contributed by atoms with Crippen LogP contribution < -0.4 is 5.73 Å². The highest BCUT2D eigenvalue weighted by Gasteiger charge is 2.32. The minimum atomic E-state index is -3.64. The number of nitrogens with two attached hydrogens (primary N) is 1. The van der Waals surface area contributed by atoms with Gasteiger partial charge in [0.25, 0.3) is 0 Å². The van der Waals surface area contributed by atoms with E-state index in [1.54, 1.807) is 6.92 Å². The van der Waals surface area contributed by atoms with Gasteiger partial charge >= 0.3 is 5.97 Å². The lowest BCUT2D eigenvalue weighted by Gasteiger charge is -2.30. The Hall–Kier alpha value is -1.93. The number of carbonyl (C=O) groups is 2. The number of sulfonamides is 1. The lowest BCUT2D eigenvalue weighted by molar-refractivity contribution is -0.149. The van der Waals surface area contributed by atoms with Crippen LogP contribution in [0.1, 0.15) is 30.1 Å². The van der Waals surface area contributed by atoms with E-state index in [0.717, 1.165) is 0 Å². The normalized spacial score (nSPS) is 16.9. The maximum atomic E-state index is 12.6. The van der Waals surface area contributed by atoms with E-state index in [4.69, 9.17) is 10.5 Å². The first kappa shape index (κ1) is 17.4. The average Bonchev–Trinajstić information content (AvgIpc) is 2.55. The topological polar surface area (TPSA) is 107 Å². The third kappa shape index (κ3) is 3.89. The van der Waals surface area contributed by atoms with Gasteiger partial charge in [0.2, 0.25) is 15.9 Å². The van der Waals surface area contributed by atoms with Crippen LogP contribution in [0.5, 0.6) is 0 Å². The molecule has 1 heterocycles. The molecule has 1 aliphatic rings. The van der Waals surface area contributed by atoms with E-state index in [1.165, 1.54) is 28.6 Å². The number of hydrogen-bond acceptors (Lipinski definition) is 5. The predicted molar refractivity (Wildman–Crippen MR) is 83.1 cm³/mol. The lowest BCUT2D eigenvalue weighted by Crippen LogP contribution is -2.40. The molecule has 8 heteroatoms. The van der Waals surface area contributed by atoms with Gasteiger partial charge in [0, 0.05) is 18.7 Å². The molecule has 23 heavy (non-hydrogen) atoms. The van der Waals surface area contributed by atoms with Gasteiger partial charge in [0.1, 0.15) is 0 Å². The zero-order chi connectivity index (χ0) is 17.0. The zero-order valence-electron chi connectivity index (χ0n) is 12.9. The van der Waals surface area contributed by atoms with Crippen molar-refractivity contribution in [3.8, 4) is 0 Å². The molecule has 0 atom stereocenters. The van der Waals surface area contributed by atoms with Gasteiger partial charge in [-0.3, -0.25) is 9.59 Å². The van der Waals surface area contributed by atoms with Crippen LogP contribution in [-0.4, -0.2) is 44.3 Å². The van der Waals surface area contributed by atoms with Gasteiger partial charge in [-0.25, -0.2) is 8.42 Å². The highest BCUT2D eigenvalue weighted by molar-refractivity contribution is 7.89. The van der Waals surface area contributed by atoms with Crippen molar-refractivity contribution in [3.63, 3.8) is 0 Å². The Bertz CT molecular complexity index is 676. The van der Waals surface area contributed by atoms with Gasteiger partial charge in [-0.2, -0.15) is 4.31 Å². The zero-order valence-corrected chi connectivity index (χ0v) is 13.7. The van der Waals surface area contributed by atoms with E-state index in [2.05, 4.69) is 0 Å². The Morgan fingerprint density at radius 3 is 2.26 bits per heavy atom. The second-order valence-electron chi connectivity index (χ2n) is 5.32. The second kappa shape index (κ2) is 7.10. The summed E-state index contributed by atoms with van der Waals surface area (Å²) in [6.07, 6.45) is 0.884. The van der Waals surface area contributed by atoms with Crippen LogP contribution in [0.25, 0.3) is 0 Å². The molecule has 1 aromatic rings. The van der Waals surface area contributed by atoms with Crippen molar-refractivity contribution in [3.05, 3.63) is 29.8 Å². The van der Waals surface area contributed by atoms with Crippen LogP contribution in [0.3, 0.4) is 0 Å². The number of piperidine rings is 1. The van der Waals surface area contributed by atoms with Gasteiger partial charge in [-0.1, -0.05) is 0 Å².